The molecule has 64 valence electrons. The van der Waals surface area contributed by atoms with Gasteiger partial charge in [-0.05, 0) is 0 Å². The number of likely N-dealkylation sites (tertiary alicyclic amines) is 1. The molecule has 0 saturated carbocycles. The molecule has 11 heavy (non-hydrogen) atoms. The van der Waals surface area contributed by atoms with Crippen LogP contribution in [0.3, 0.4) is 0 Å². The topological polar surface area (TPSA) is 32.8 Å². The van der Waals surface area contributed by atoms with E-state index < -0.39 is 0 Å². The molecular formula is C7H14N2O2. The van der Waals surface area contributed by atoms with E-state index in [1.165, 1.54) is 0 Å². The van der Waals surface area contributed by atoms with Crippen LogP contribution in [0.5, 0.6) is 0 Å². The smallest absolute Gasteiger partial charge is 0.319 e. The summed E-state index contributed by atoms with van der Waals surface area (Å²) in [5.41, 5.74) is 0. The zero-order valence-electron chi connectivity index (χ0n) is 7.20. The molecule has 1 saturated heterocycles. The molecular weight excluding hydrogens is 144 g/mol. The summed E-state index contributed by atoms with van der Waals surface area (Å²) in [7, 11) is 5.17. The number of hydrogen-bond donors (Lipinski definition) is 0. The van der Waals surface area contributed by atoms with Gasteiger partial charge in [-0.1, -0.05) is 0 Å². The summed E-state index contributed by atoms with van der Waals surface area (Å²) >= 11 is 0. The van der Waals surface area contributed by atoms with Crippen molar-refractivity contribution in [2.45, 2.75) is 6.10 Å². The first kappa shape index (κ1) is 8.33. The highest BCUT2D eigenvalue weighted by atomic mass is 16.5. The molecule has 0 N–H and O–H groups in total. The average Bonchev–Trinajstić information content (AvgIpc) is 1.85. The average molecular weight is 158 g/mol. The largest absolute Gasteiger partial charge is 0.378 e. The van der Waals surface area contributed by atoms with Crippen LogP contribution in [0.1, 0.15) is 0 Å². The number of urea groups is 1. The van der Waals surface area contributed by atoms with E-state index in [2.05, 4.69) is 0 Å². The van der Waals surface area contributed by atoms with Crippen molar-refractivity contribution in [1.29, 1.82) is 0 Å². The van der Waals surface area contributed by atoms with Gasteiger partial charge in [0.15, 0.2) is 0 Å². The predicted molar refractivity (Wildman–Crippen MR) is 41.5 cm³/mol. The second-order valence-corrected chi connectivity index (χ2v) is 2.94. The van der Waals surface area contributed by atoms with E-state index in [-0.39, 0.29) is 12.1 Å². The lowest BCUT2D eigenvalue weighted by Crippen LogP contribution is -2.57. The minimum atomic E-state index is 0.0679. The minimum absolute atomic E-state index is 0.0679. The molecule has 0 spiro atoms. The van der Waals surface area contributed by atoms with Crippen LogP contribution in [-0.4, -0.2) is 56.2 Å². The van der Waals surface area contributed by atoms with Gasteiger partial charge in [-0.3, -0.25) is 0 Å². The fourth-order valence-corrected chi connectivity index (χ4v) is 1.03. The highest BCUT2D eigenvalue weighted by molar-refractivity contribution is 5.74. The number of nitrogens with zero attached hydrogens (tertiary/aromatic N) is 2. The zero-order valence-corrected chi connectivity index (χ0v) is 7.20. The van der Waals surface area contributed by atoms with E-state index in [1.54, 1.807) is 31.0 Å². The van der Waals surface area contributed by atoms with Gasteiger partial charge in [0.1, 0.15) is 0 Å². The first-order chi connectivity index (χ1) is 5.15. The number of rotatable bonds is 1. The summed E-state index contributed by atoms with van der Waals surface area (Å²) in [6.45, 7) is 1.46. The molecule has 0 unspecified atom stereocenters. The molecule has 1 fully saturated rings. The number of methoxy groups -OCH3 is 1. The Morgan fingerprint density at radius 3 is 2.45 bits per heavy atom. The first-order valence-corrected chi connectivity index (χ1v) is 3.64. The molecule has 0 aromatic rings. The summed E-state index contributed by atoms with van der Waals surface area (Å²) in [5.74, 6) is 0. The second-order valence-electron chi connectivity index (χ2n) is 2.94. The van der Waals surface area contributed by atoms with E-state index >= 15 is 0 Å². The number of ether oxygens (including phenoxy) is 1. The molecule has 0 radical (unpaired) electrons. The Balaban J connectivity index is 2.27. The molecule has 0 aliphatic carbocycles. The van der Waals surface area contributed by atoms with Crippen molar-refractivity contribution in [2.75, 3.05) is 34.3 Å². The highest BCUT2D eigenvalue weighted by Gasteiger charge is 2.30. The van der Waals surface area contributed by atoms with E-state index in [4.69, 9.17) is 4.74 Å². The first-order valence-electron chi connectivity index (χ1n) is 3.64. The molecule has 0 bridgehead atoms. The van der Waals surface area contributed by atoms with Gasteiger partial charge >= 0.3 is 6.03 Å². The second kappa shape index (κ2) is 3.09. The molecule has 0 aromatic carbocycles. The maximum atomic E-state index is 11.2. The van der Waals surface area contributed by atoms with E-state index in [0.29, 0.717) is 0 Å². The third kappa shape index (κ3) is 1.63. The number of carbonyl (C=O) groups excluding carboxylic acids is 1. The maximum absolute atomic E-state index is 11.2. The van der Waals surface area contributed by atoms with Crippen molar-refractivity contribution in [3.63, 3.8) is 0 Å². The van der Waals surface area contributed by atoms with E-state index in [1.807, 2.05) is 0 Å². The van der Waals surface area contributed by atoms with Crippen LogP contribution in [0, 0.1) is 0 Å². The van der Waals surface area contributed by atoms with Crippen molar-refractivity contribution in [3.05, 3.63) is 0 Å². The van der Waals surface area contributed by atoms with Gasteiger partial charge in [-0.25, -0.2) is 4.79 Å². The van der Waals surface area contributed by atoms with E-state index in [9.17, 15) is 4.79 Å². The highest BCUT2D eigenvalue weighted by Crippen LogP contribution is 2.11. The third-order valence-corrected chi connectivity index (χ3v) is 1.83. The monoisotopic (exact) mass is 158 g/mol. The Hall–Kier alpha value is -0.770. The predicted octanol–water partition coefficient (Wildman–Crippen LogP) is -0.00140. The van der Waals surface area contributed by atoms with Gasteiger partial charge in [-0.2, -0.15) is 0 Å². The Kier molecular flexibility index (Phi) is 2.34. The summed E-state index contributed by atoms with van der Waals surface area (Å²) < 4.78 is 5.03. The van der Waals surface area contributed by atoms with Crippen LogP contribution in [0.25, 0.3) is 0 Å². The minimum Gasteiger partial charge on any atom is -0.378 e. The molecule has 1 aliphatic rings. The van der Waals surface area contributed by atoms with Crippen LogP contribution in [-0.2, 0) is 4.74 Å². The molecule has 0 atom stereocenters. The summed E-state index contributed by atoms with van der Waals surface area (Å²) in [4.78, 5) is 14.5. The quantitative estimate of drug-likeness (QED) is 0.538. The zero-order chi connectivity index (χ0) is 8.43. The summed E-state index contributed by atoms with van der Waals surface area (Å²) in [5, 5.41) is 0. The fourth-order valence-electron chi connectivity index (χ4n) is 1.03. The van der Waals surface area contributed by atoms with Gasteiger partial charge < -0.3 is 14.5 Å². The Labute approximate surface area is 66.7 Å². The Morgan fingerprint density at radius 2 is 2.09 bits per heavy atom. The van der Waals surface area contributed by atoms with Gasteiger partial charge in [0.25, 0.3) is 0 Å². The van der Waals surface area contributed by atoms with Gasteiger partial charge in [0.05, 0.1) is 19.2 Å². The van der Waals surface area contributed by atoms with Gasteiger partial charge in [0.2, 0.25) is 0 Å². The normalized spacial score (nSPS) is 17.9. The summed E-state index contributed by atoms with van der Waals surface area (Å²) in [6, 6.07) is 0.0679. The Morgan fingerprint density at radius 1 is 1.55 bits per heavy atom. The molecule has 0 aromatic heterocycles. The Bertz CT molecular complexity index is 153. The van der Waals surface area contributed by atoms with Crippen LogP contribution in [0.15, 0.2) is 0 Å². The van der Waals surface area contributed by atoms with Gasteiger partial charge in [0, 0.05) is 21.2 Å². The third-order valence-electron chi connectivity index (χ3n) is 1.83. The van der Waals surface area contributed by atoms with Crippen molar-refractivity contribution in [3.8, 4) is 0 Å². The van der Waals surface area contributed by atoms with Crippen molar-refractivity contribution < 1.29 is 9.53 Å². The molecule has 2 amide bonds. The number of hydrogen-bond acceptors (Lipinski definition) is 2. The lowest BCUT2D eigenvalue weighted by Gasteiger charge is -2.39. The fraction of sp³-hybridized carbons (Fsp3) is 0.857. The van der Waals surface area contributed by atoms with Crippen LogP contribution in [0.4, 0.5) is 4.79 Å². The number of carbonyl (C=O) groups is 1. The lowest BCUT2D eigenvalue weighted by atomic mass is 10.2. The van der Waals surface area contributed by atoms with Crippen molar-refractivity contribution >= 4 is 6.03 Å². The molecule has 4 nitrogen and oxygen atoms in total. The summed E-state index contributed by atoms with van der Waals surface area (Å²) in [6.07, 6.45) is 0.249. The van der Waals surface area contributed by atoms with Crippen LogP contribution in [0.2, 0.25) is 0 Å². The van der Waals surface area contributed by atoms with E-state index in [0.717, 1.165) is 13.1 Å². The molecule has 4 heteroatoms. The standard InChI is InChI=1S/C7H14N2O2/c1-8(2)7(10)9-4-6(5-9)11-3/h6H,4-5H2,1-3H3. The molecule has 1 heterocycles. The van der Waals surface area contributed by atoms with Crippen molar-refractivity contribution in [2.24, 2.45) is 0 Å². The number of amides is 2. The lowest BCUT2D eigenvalue weighted by molar-refractivity contribution is -0.0129. The van der Waals surface area contributed by atoms with Crippen LogP contribution < -0.4 is 0 Å². The van der Waals surface area contributed by atoms with Gasteiger partial charge in [-0.15, -0.1) is 0 Å². The SMILES string of the molecule is COC1CN(C(=O)N(C)C)C1. The molecule has 1 aliphatic heterocycles. The van der Waals surface area contributed by atoms with Crippen LogP contribution >= 0.6 is 0 Å². The van der Waals surface area contributed by atoms with Crippen molar-refractivity contribution in [1.82, 2.24) is 9.80 Å². The molecule has 1 rings (SSSR count). The maximum Gasteiger partial charge on any atom is 0.319 e.